The Morgan fingerprint density at radius 2 is 2.05 bits per heavy atom. The van der Waals surface area contributed by atoms with Gasteiger partial charge in [-0.25, -0.2) is 9.78 Å². The minimum atomic E-state index is -1.13. The number of pyridine rings is 1. The van der Waals surface area contributed by atoms with Crippen LogP contribution < -0.4 is 0 Å². The topological polar surface area (TPSA) is 87.1 Å². The zero-order valence-electron chi connectivity index (χ0n) is 10.8. The van der Waals surface area contributed by atoms with Crippen molar-refractivity contribution < 1.29 is 14.3 Å². The predicted octanol–water partition coefficient (Wildman–Crippen LogP) is 2.84. The third-order valence-corrected chi connectivity index (χ3v) is 2.96. The molecule has 0 aliphatic rings. The molecular weight excluding hydrogens is 244 g/mol. The van der Waals surface area contributed by atoms with Crippen molar-refractivity contribution in [3.63, 3.8) is 0 Å². The van der Waals surface area contributed by atoms with Gasteiger partial charge in [-0.2, -0.15) is 5.26 Å². The van der Waals surface area contributed by atoms with Crippen LogP contribution in [0.25, 0.3) is 11.3 Å². The Balaban J connectivity index is 2.73. The van der Waals surface area contributed by atoms with E-state index < -0.39 is 5.97 Å². The maximum atomic E-state index is 11.0. The molecule has 5 heteroatoms. The van der Waals surface area contributed by atoms with E-state index in [4.69, 9.17) is 9.52 Å². The standard InChI is InChI=1S/C14H12N2O3/c1-7-4-13(19-9(7)3)10-5-12(14(17)18)16-8(2)11(10)6-15/h4-5H,1-3H3,(H,17,18). The monoisotopic (exact) mass is 256 g/mol. The number of nitrogens with zero attached hydrogens (tertiary/aromatic N) is 2. The lowest BCUT2D eigenvalue weighted by Crippen LogP contribution is -2.04. The zero-order chi connectivity index (χ0) is 14.2. The fraction of sp³-hybridized carbons (Fsp3) is 0.214. The first-order valence-electron chi connectivity index (χ1n) is 5.66. The van der Waals surface area contributed by atoms with E-state index >= 15 is 0 Å². The third kappa shape index (κ3) is 2.20. The summed E-state index contributed by atoms with van der Waals surface area (Å²) in [7, 11) is 0. The van der Waals surface area contributed by atoms with Gasteiger partial charge in [-0.3, -0.25) is 0 Å². The Bertz CT molecular complexity index is 689. The Morgan fingerprint density at radius 1 is 1.37 bits per heavy atom. The van der Waals surface area contributed by atoms with Crippen LogP contribution in [0.5, 0.6) is 0 Å². The summed E-state index contributed by atoms with van der Waals surface area (Å²) in [4.78, 5) is 14.9. The summed E-state index contributed by atoms with van der Waals surface area (Å²) >= 11 is 0. The fourth-order valence-electron chi connectivity index (χ4n) is 1.82. The highest BCUT2D eigenvalue weighted by Crippen LogP contribution is 2.29. The van der Waals surface area contributed by atoms with E-state index in [2.05, 4.69) is 4.98 Å². The fourth-order valence-corrected chi connectivity index (χ4v) is 1.82. The number of furan rings is 1. The normalized spacial score (nSPS) is 10.2. The van der Waals surface area contributed by atoms with Gasteiger partial charge in [0.15, 0.2) is 0 Å². The van der Waals surface area contributed by atoms with Crippen molar-refractivity contribution >= 4 is 5.97 Å². The summed E-state index contributed by atoms with van der Waals surface area (Å²) < 4.78 is 5.56. The van der Waals surface area contributed by atoms with Crippen LogP contribution in [0, 0.1) is 32.1 Å². The van der Waals surface area contributed by atoms with Gasteiger partial charge >= 0.3 is 5.97 Å². The lowest BCUT2D eigenvalue weighted by Gasteiger charge is -2.05. The van der Waals surface area contributed by atoms with Crippen molar-refractivity contribution in [2.24, 2.45) is 0 Å². The molecule has 0 aliphatic heterocycles. The van der Waals surface area contributed by atoms with Crippen LogP contribution in [-0.4, -0.2) is 16.1 Å². The molecule has 0 spiro atoms. The smallest absolute Gasteiger partial charge is 0.354 e. The maximum absolute atomic E-state index is 11.0. The quantitative estimate of drug-likeness (QED) is 0.892. The number of aromatic carboxylic acids is 1. The number of aryl methyl sites for hydroxylation is 3. The molecule has 0 amide bonds. The van der Waals surface area contributed by atoms with E-state index in [1.165, 1.54) is 6.07 Å². The summed E-state index contributed by atoms with van der Waals surface area (Å²) in [6.07, 6.45) is 0. The number of nitriles is 1. The van der Waals surface area contributed by atoms with Crippen LogP contribution in [0.15, 0.2) is 16.5 Å². The van der Waals surface area contributed by atoms with Crippen molar-refractivity contribution in [3.8, 4) is 17.4 Å². The van der Waals surface area contributed by atoms with Crippen LogP contribution in [0.3, 0.4) is 0 Å². The predicted molar refractivity (Wildman–Crippen MR) is 67.8 cm³/mol. The van der Waals surface area contributed by atoms with Crippen LogP contribution in [-0.2, 0) is 0 Å². The second kappa shape index (κ2) is 4.58. The van der Waals surface area contributed by atoms with E-state index in [1.807, 2.05) is 19.9 Å². The lowest BCUT2D eigenvalue weighted by molar-refractivity contribution is 0.0690. The molecule has 2 aromatic rings. The van der Waals surface area contributed by atoms with Gasteiger partial charge in [-0.1, -0.05) is 0 Å². The number of rotatable bonds is 2. The van der Waals surface area contributed by atoms with Crippen molar-refractivity contribution in [1.82, 2.24) is 4.98 Å². The van der Waals surface area contributed by atoms with E-state index in [0.717, 1.165) is 11.3 Å². The summed E-state index contributed by atoms with van der Waals surface area (Å²) in [5, 5.41) is 18.2. The molecule has 0 bridgehead atoms. The van der Waals surface area contributed by atoms with E-state index in [-0.39, 0.29) is 5.69 Å². The maximum Gasteiger partial charge on any atom is 0.354 e. The zero-order valence-corrected chi connectivity index (χ0v) is 10.8. The van der Waals surface area contributed by atoms with Crippen molar-refractivity contribution in [2.45, 2.75) is 20.8 Å². The Labute approximate surface area is 110 Å². The minimum Gasteiger partial charge on any atom is -0.477 e. The Kier molecular flexibility index (Phi) is 3.09. The summed E-state index contributed by atoms with van der Waals surface area (Å²) in [6, 6.07) is 5.20. The molecule has 2 aromatic heterocycles. The molecule has 0 fully saturated rings. The highest BCUT2D eigenvalue weighted by Gasteiger charge is 2.17. The molecule has 2 heterocycles. The highest BCUT2D eigenvalue weighted by atomic mass is 16.4. The molecule has 19 heavy (non-hydrogen) atoms. The van der Waals surface area contributed by atoms with E-state index in [1.54, 1.807) is 13.0 Å². The average molecular weight is 256 g/mol. The second-order valence-electron chi connectivity index (χ2n) is 4.28. The number of hydrogen-bond donors (Lipinski definition) is 1. The van der Waals surface area contributed by atoms with Gasteiger partial charge < -0.3 is 9.52 Å². The SMILES string of the molecule is Cc1cc(-c2cc(C(=O)O)nc(C)c2C#N)oc1C. The minimum absolute atomic E-state index is 0.0989. The van der Waals surface area contributed by atoms with Crippen molar-refractivity contribution in [2.75, 3.05) is 0 Å². The van der Waals surface area contributed by atoms with Gasteiger partial charge in [0.25, 0.3) is 0 Å². The summed E-state index contributed by atoms with van der Waals surface area (Å²) in [5.74, 6) is 0.0959. The molecule has 0 saturated heterocycles. The van der Waals surface area contributed by atoms with Gasteiger partial charge in [0, 0.05) is 5.56 Å². The largest absolute Gasteiger partial charge is 0.477 e. The molecule has 0 aliphatic carbocycles. The molecule has 1 N–H and O–H groups in total. The Morgan fingerprint density at radius 3 is 2.53 bits per heavy atom. The summed E-state index contributed by atoms with van der Waals surface area (Å²) in [5.41, 5.74) is 2.02. The van der Waals surface area contributed by atoms with Crippen LogP contribution in [0.4, 0.5) is 0 Å². The van der Waals surface area contributed by atoms with Crippen molar-refractivity contribution in [3.05, 3.63) is 40.4 Å². The van der Waals surface area contributed by atoms with E-state index in [9.17, 15) is 10.1 Å². The van der Waals surface area contributed by atoms with Gasteiger partial charge in [0.05, 0.1) is 11.3 Å². The van der Waals surface area contributed by atoms with Gasteiger partial charge in [0.1, 0.15) is 23.3 Å². The molecule has 0 atom stereocenters. The number of hydrogen-bond acceptors (Lipinski definition) is 4. The first kappa shape index (κ1) is 12.8. The molecule has 0 saturated carbocycles. The molecule has 2 rings (SSSR count). The highest BCUT2D eigenvalue weighted by molar-refractivity contribution is 5.88. The molecule has 0 unspecified atom stereocenters. The molecular formula is C14H12N2O3. The number of carboxylic acids is 1. The lowest BCUT2D eigenvalue weighted by atomic mass is 10.0. The van der Waals surface area contributed by atoms with Gasteiger partial charge in [0.2, 0.25) is 0 Å². The van der Waals surface area contributed by atoms with Crippen LogP contribution >= 0.6 is 0 Å². The van der Waals surface area contributed by atoms with Crippen molar-refractivity contribution in [1.29, 1.82) is 5.26 Å². The van der Waals surface area contributed by atoms with Crippen LogP contribution in [0.2, 0.25) is 0 Å². The second-order valence-corrected chi connectivity index (χ2v) is 4.28. The number of carboxylic acid groups (broad SMARTS) is 1. The number of carbonyl (C=O) groups is 1. The molecule has 5 nitrogen and oxygen atoms in total. The van der Waals surface area contributed by atoms with Gasteiger partial charge in [-0.15, -0.1) is 0 Å². The molecule has 0 aromatic carbocycles. The molecule has 0 radical (unpaired) electrons. The van der Waals surface area contributed by atoms with E-state index in [0.29, 0.717) is 22.6 Å². The number of aromatic nitrogens is 1. The first-order valence-corrected chi connectivity index (χ1v) is 5.66. The van der Waals surface area contributed by atoms with Gasteiger partial charge in [-0.05, 0) is 38.5 Å². The third-order valence-electron chi connectivity index (χ3n) is 2.96. The first-order chi connectivity index (χ1) is 8.93. The Hall–Kier alpha value is -2.61. The average Bonchev–Trinajstić information content (AvgIpc) is 2.68. The molecule has 96 valence electrons. The van der Waals surface area contributed by atoms with Crippen LogP contribution in [0.1, 0.15) is 33.1 Å². The summed E-state index contributed by atoms with van der Waals surface area (Å²) in [6.45, 7) is 5.31.